The monoisotopic (exact) mass is 578 g/mol. The molecule has 232 valence electrons. The summed E-state index contributed by atoms with van der Waals surface area (Å²) >= 11 is 0. The Kier molecular flexibility index (Phi) is 8.00. The molecule has 0 unspecified atom stereocenters. The van der Waals surface area contributed by atoms with Gasteiger partial charge in [0.05, 0.1) is 25.1 Å². The molecule has 7 nitrogen and oxygen atoms in total. The van der Waals surface area contributed by atoms with Crippen molar-refractivity contribution in [3.63, 3.8) is 0 Å². The molecular formula is C35H54N4O3. The second-order valence-corrected chi connectivity index (χ2v) is 15.4. The van der Waals surface area contributed by atoms with Gasteiger partial charge in [-0.1, -0.05) is 46.3 Å². The highest BCUT2D eigenvalue weighted by atomic mass is 16.5. The molecule has 0 spiro atoms. The number of rotatable bonds is 7. The van der Waals surface area contributed by atoms with E-state index in [0.717, 1.165) is 76.2 Å². The molecule has 1 aromatic rings. The molecule has 2 heterocycles. The number of carbonyl (C=O) groups is 2. The topological polar surface area (TPSA) is 76.5 Å². The summed E-state index contributed by atoms with van der Waals surface area (Å²) in [5.41, 5.74) is 4.21. The van der Waals surface area contributed by atoms with Crippen LogP contribution in [0.15, 0.2) is 17.8 Å². The Morgan fingerprint density at radius 2 is 1.88 bits per heavy atom. The summed E-state index contributed by atoms with van der Waals surface area (Å²) in [6.07, 6.45) is 13.6. The third-order valence-corrected chi connectivity index (χ3v) is 12.9. The molecule has 2 saturated carbocycles. The maximum Gasteiger partial charge on any atom is 0.244 e. The standard InChI is InChI=1S/C35H54N4O3/c1-23(7-12-31(41)36-15-16-38-17-19-42-20-18-38)27-9-10-28-26-8-11-30-33(3,4)32-25(22-37-39(32)24(2)40)21-35(30,6)29(26)13-14-34(27,28)5/h11,22-23,26-29H,7-10,12-21H2,1-6H3,(H,36,41)/t23-,26+,27-,28+,29+,34-,35-/m1/s1. The minimum atomic E-state index is -0.189. The van der Waals surface area contributed by atoms with Crippen LogP contribution in [0.3, 0.4) is 0 Å². The van der Waals surface area contributed by atoms with Crippen LogP contribution in [0.5, 0.6) is 0 Å². The Morgan fingerprint density at radius 1 is 1.12 bits per heavy atom. The third-order valence-electron chi connectivity index (χ3n) is 12.9. The fourth-order valence-electron chi connectivity index (χ4n) is 11.0. The van der Waals surface area contributed by atoms with E-state index in [4.69, 9.17) is 4.74 Å². The summed E-state index contributed by atoms with van der Waals surface area (Å²) in [6.45, 7) is 19.0. The van der Waals surface area contributed by atoms with Crippen molar-refractivity contribution in [1.82, 2.24) is 20.0 Å². The lowest BCUT2D eigenvalue weighted by atomic mass is 9.44. The number of carbonyl (C=O) groups excluding carboxylic acids is 2. The maximum atomic E-state index is 12.7. The fraction of sp³-hybridized carbons (Fsp3) is 0.800. The first kappa shape index (κ1) is 30.1. The van der Waals surface area contributed by atoms with Crippen molar-refractivity contribution in [2.24, 2.45) is 40.4 Å². The van der Waals surface area contributed by atoms with E-state index in [1.807, 2.05) is 6.20 Å². The van der Waals surface area contributed by atoms with Crippen molar-refractivity contribution >= 4 is 11.8 Å². The van der Waals surface area contributed by atoms with E-state index >= 15 is 0 Å². The molecule has 1 saturated heterocycles. The van der Waals surface area contributed by atoms with Crippen LogP contribution in [0.1, 0.15) is 103 Å². The number of nitrogens with one attached hydrogen (secondary N) is 1. The van der Waals surface area contributed by atoms with Gasteiger partial charge in [0.2, 0.25) is 11.8 Å². The zero-order valence-electron chi connectivity index (χ0n) is 27.0. The van der Waals surface area contributed by atoms with Crippen molar-refractivity contribution in [3.05, 3.63) is 29.1 Å². The van der Waals surface area contributed by atoms with Gasteiger partial charge in [-0.15, -0.1) is 0 Å². The number of hydrogen-bond acceptors (Lipinski definition) is 5. The molecular weight excluding hydrogens is 524 g/mol. The summed E-state index contributed by atoms with van der Waals surface area (Å²) in [5, 5.41) is 7.73. The Balaban J connectivity index is 1.11. The molecule has 7 heteroatoms. The maximum absolute atomic E-state index is 12.7. The number of amides is 1. The second kappa shape index (κ2) is 11.2. The zero-order chi connectivity index (χ0) is 29.9. The first-order valence-corrected chi connectivity index (χ1v) is 16.8. The van der Waals surface area contributed by atoms with Crippen LogP contribution in [0.2, 0.25) is 0 Å². The van der Waals surface area contributed by atoms with Crippen molar-refractivity contribution in [3.8, 4) is 0 Å². The zero-order valence-corrected chi connectivity index (χ0v) is 27.0. The summed E-state index contributed by atoms with van der Waals surface area (Å²) in [6, 6.07) is 0. The quantitative estimate of drug-likeness (QED) is 0.424. The molecule has 0 aromatic carbocycles. The van der Waals surface area contributed by atoms with Gasteiger partial charge in [-0.2, -0.15) is 5.10 Å². The predicted octanol–water partition coefficient (Wildman–Crippen LogP) is 5.64. The van der Waals surface area contributed by atoms with Gasteiger partial charge in [0.25, 0.3) is 0 Å². The first-order chi connectivity index (χ1) is 20.0. The molecule has 7 atom stereocenters. The van der Waals surface area contributed by atoms with Crippen LogP contribution in [0.4, 0.5) is 0 Å². The molecule has 3 fully saturated rings. The Morgan fingerprint density at radius 3 is 2.62 bits per heavy atom. The van der Waals surface area contributed by atoms with Crippen molar-refractivity contribution in [1.29, 1.82) is 0 Å². The van der Waals surface area contributed by atoms with Crippen LogP contribution >= 0.6 is 0 Å². The highest BCUT2D eigenvalue weighted by Gasteiger charge is 2.61. The van der Waals surface area contributed by atoms with E-state index in [-0.39, 0.29) is 22.6 Å². The molecule has 42 heavy (non-hydrogen) atoms. The number of morpholine rings is 1. The number of hydrogen-bond donors (Lipinski definition) is 1. The van der Waals surface area contributed by atoms with E-state index < -0.39 is 0 Å². The average molecular weight is 579 g/mol. The van der Waals surface area contributed by atoms with Gasteiger partial charge in [0.1, 0.15) is 0 Å². The van der Waals surface area contributed by atoms with E-state index in [1.54, 1.807) is 11.6 Å². The number of allylic oxidation sites excluding steroid dienone is 2. The van der Waals surface area contributed by atoms with Gasteiger partial charge in [-0.25, -0.2) is 4.68 Å². The van der Waals surface area contributed by atoms with E-state index in [2.05, 4.69) is 56.0 Å². The molecule has 0 radical (unpaired) electrons. The smallest absolute Gasteiger partial charge is 0.244 e. The van der Waals surface area contributed by atoms with E-state index in [0.29, 0.717) is 29.6 Å². The largest absolute Gasteiger partial charge is 0.379 e. The average Bonchev–Trinajstić information content (AvgIpc) is 3.54. The van der Waals surface area contributed by atoms with Crippen LogP contribution in [-0.2, 0) is 21.4 Å². The van der Waals surface area contributed by atoms with Gasteiger partial charge >= 0.3 is 0 Å². The Hall–Kier alpha value is -1.99. The van der Waals surface area contributed by atoms with Crippen molar-refractivity contribution < 1.29 is 14.3 Å². The minimum Gasteiger partial charge on any atom is -0.379 e. The molecule has 4 aliphatic carbocycles. The number of fused-ring (bicyclic) bond motifs is 6. The molecule has 1 aromatic heterocycles. The van der Waals surface area contributed by atoms with Gasteiger partial charge < -0.3 is 10.1 Å². The van der Waals surface area contributed by atoms with Crippen LogP contribution in [-0.4, -0.2) is 65.9 Å². The molecule has 1 aliphatic heterocycles. The number of aromatic nitrogens is 2. The molecule has 1 amide bonds. The van der Waals surface area contributed by atoms with Crippen molar-refractivity contribution in [2.75, 3.05) is 39.4 Å². The van der Waals surface area contributed by atoms with Crippen LogP contribution in [0, 0.1) is 40.4 Å². The van der Waals surface area contributed by atoms with Crippen LogP contribution < -0.4 is 5.32 Å². The lowest BCUT2D eigenvalue weighted by molar-refractivity contribution is -0.121. The van der Waals surface area contributed by atoms with Gasteiger partial charge in [-0.05, 0) is 90.9 Å². The number of ether oxygens (including phenoxy) is 1. The lowest BCUT2D eigenvalue weighted by Crippen LogP contribution is -2.54. The lowest BCUT2D eigenvalue weighted by Gasteiger charge is -2.60. The predicted molar refractivity (Wildman–Crippen MR) is 165 cm³/mol. The second-order valence-electron chi connectivity index (χ2n) is 15.4. The Labute approximate surface area is 253 Å². The summed E-state index contributed by atoms with van der Waals surface area (Å²) in [7, 11) is 0. The normalized spacial score (nSPS) is 36.2. The molecule has 6 rings (SSSR count). The molecule has 1 N–H and O–H groups in total. The SMILES string of the molecule is CC(=O)n1ncc2c1C(C)(C)C1=CC[C@H]3[C@@H]4CC[C@H]([C@H](C)CCC(=O)NCCN5CCOCC5)[C@@]4(C)CC[C@@H]3[C@@]1(C)C2. The summed E-state index contributed by atoms with van der Waals surface area (Å²) in [4.78, 5) is 27.5. The summed E-state index contributed by atoms with van der Waals surface area (Å²) in [5.74, 6) is 3.64. The highest BCUT2D eigenvalue weighted by Crippen LogP contribution is 2.68. The first-order valence-electron chi connectivity index (χ1n) is 16.8. The van der Waals surface area contributed by atoms with Gasteiger partial charge in [-0.3, -0.25) is 14.5 Å². The van der Waals surface area contributed by atoms with Gasteiger partial charge in [0.15, 0.2) is 0 Å². The van der Waals surface area contributed by atoms with Crippen LogP contribution in [0.25, 0.3) is 0 Å². The van der Waals surface area contributed by atoms with Crippen molar-refractivity contribution in [2.45, 2.75) is 98.3 Å². The summed E-state index contributed by atoms with van der Waals surface area (Å²) < 4.78 is 7.09. The molecule has 5 aliphatic rings. The minimum absolute atomic E-state index is 0.00670. The Bertz CT molecular complexity index is 1230. The highest BCUT2D eigenvalue weighted by molar-refractivity contribution is 5.77. The number of nitrogens with zero attached hydrogens (tertiary/aromatic N) is 3. The van der Waals surface area contributed by atoms with E-state index in [9.17, 15) is 9.59 Å². The molecule has 0 bridgehead atoms. The van der Waals surface area contributed by atoms with Gasteiger partial charge in [0, 0.05) is 44.9 Å². The fourth-order valence-corrected chi connectivity index (χ4v) is 11.0. The third kappa shape index (κ3) is 4.91. The van der Waals surface area contributed by atoms with E-state index in [1.165, 1.54) is 36.8 Å².